The molecule has 1 aromatic carbocycles. The molecule has 1 saturated heterocycles. The van der Waals surface area contributed by atoms with Crippen molar-refractivity contribution in [1.82, 2.24) is 5.32 Å². The lowest BCUT2D eigenvalue weighted by molar-refractivity contribution is 0.0839. The fourth-order valence-electron chi connectivity index (χ4n) is 2.01. The Balaban J connectivity index is 2.36. The minimum absolute atomic E-state index is 0.0741. The summed E-state index contributed by atoms with van der Waals surface area (Å²) in [7, 11) is 0. The van der Waals surface area contributed by atoms with E-state index in [0.29, 0.717) is 22.2 Å². The maximum Gasteiger partial charge on any atom is 0.171 e. The Hall–Kier alpha value is -0.570. The first-order chi connectivity index (χ1) is 7.53. The molecule has 0 bridgehead atoms. The molecule has 1 aromatic rings. The van der Waals surface area contributed by atoms with Crippen LogP contribution in [0.4, 0.5) is 0 Å². The van der Waals surface area contributed by atoms with Crippen LogP contribution in [0, 0.1) is 5.41 Å². The third-order valence-corrected chi connectivity index (χ3v) is 3.65. The van der Waals surface area contributed by atoms with Crippen LogP contribution < -0.4 is 5.32 Å². The van der Waals surface area contributed by atoms with Crippen molar-refractivity contribution < 1.29 is 4.79 Å². The summed E-state index contributed by atoms with van der Waals surface area (Å²) < 4.78 is 0. The molecule has 0 aliphatic carbocycles. The molecule has 2 rings (SSSR count). The van der Waals surface area contributed by atoms with E-state index in [1.807, 2.05) is 6.92 Å². The predicted molar refractivity (Wildman–Crippen MR) is 66.4 cm³/mol. The summed E-state index contributed by atoms with van der Waals surface area (Å²) >= 11 is 11.9. The number of ketones is 1. The van der Waals surface area contributed by atoms with E-state index in [-0.39, 0.29) is 11.2 Å². The number of rotatable bonds is 2. The van der Waals surface area contributed by atoms with Gasteiger partial charge >= 0.3 is 0 Å². The highest BCUT2D eigenvalue weighted by Gasteiger charge is 2.37. The quantitative estimate of drug-likeness (QED) is 0.825. The zero-order valence-electron chi connectivity index (χ0n) is 9.02. The van der Waals surface area contributed by atoms with Crippen LogP contribution in [0.5, 0.6) is 0 Å². The molecule has 1 unspecified atom stereocenters. The maximum atomic E-state index is 12.4. The SMILES string of the molecule is CC1(C(=O)c2cc(Cl)ccc2Cl)CCNC1. The number of carbonyl (C=O) groups is 1. The number of Topliss-reactive ketones (excluding diaryl/α,β-unsaturated/α-hetero) is 1. The lowest BCUT2D eigenvalue weighted by atomic mass is 9.81. The normalized spacial score (nSPS) is 24.7. The molecule has 0 amide bonds. The molecule has 1 aliphatic heterocycles. The molecule has 0 radical (unpaired) electrons. The highest BCUT2D eigenvalue weighted by molar-refractivity contribution is 6.36. The van der Waals surface area contributed by atoms with Gasteiger partial charge in [0, 0.05) is 22.5 Å². The minimum Gasteiger partial charge on any atom is -0.316 e. The topological polar surface area (TPSA) is 29.1 Å². The molecule has 1 aliphatic rings. The summed E-state index contributed by atoms with van der Waals surface area (Å²) in [6.07, 6.45) is 0.842. The Labute approximate surface area is 105 Å². The summed E-state index contributed by atoms with van der Waals surface area (Å²) in [4.78, 5) is 12.4. The van der Waals surface area contributed by atoms with E-state index in [2.05, 4.69) is 5.32 Å². The van der Waals surface area contributed by atoms with Crippen LogP contribution in [0.2, 0.25) is 10.0 Å². The van der Waals surface area contributed by atoms with Gasteiger partial charge in [0.25, 0.3) is 0 Å². The van der Waals surface area contributed by atoms with Crippen molar-refractivity contribution in [3.8, 4) is 0 Å². The highest BCUT2D eigenvalue weighted by Crippen LogP contribution is 2.32. The van der Waals surface area contributed by atoms with Crippen LogP contribution in [0.3, 0.4) is 0 Å². The third-order valence-electron chi connectivity index (χ3n) is 3.09. The predicted octanol–water partition coefficient (Wildman–Crippen LogP) is 3.18. The zero-order chi connectivity index (χ0) is 11.8. The number of hydrogen-bond donors (Lipinski definition) is 1. The average Bonchev–Trinajstić information content (AvgIpc) is 2.69. The largest absolute Gasteiger partial charge is 0.316 e. The molecule has 1 fully saturated rings. The second-order valence-electron chi connectivity index (χ2n) is 4.44. The van der Waals surface area contributed by atoms with Gasteiger partial charge in [0.1, 0.15) is 0 Å². The van der Waals surface area contributed by atoms with E-state index in [0.717, 1.165) is 13.0 Å². The van der Waals surface area contributed by atoms with Crippen molar-refractivity contribution in [2.24, 2.45) is 5.41 Å². The summed E-state index contributed by atoms with van der Waals surface area (Å²) in [6, 6.07) is 5.01. The lowest BCUT2D eigenvalue weighted by Gasteiger charge is -2.21. The van der Waals surface area contributed by atoms with Crippen molar-refractivity contribution in [3.05, 3.63) is 33.8 Å². The molecular weight excluding hydrogens is 245 g/mol. The van der Waals surface area contributed by atoms with Gasteiger partial charge in [0.15, 0.2) is 5.78 Å². The van der Waals surface area contributed by atoms with Crippen LogP contribution in [-0.4, -0.2) is 18.9 Å². The van der Waals surface area contributed by atoms with E-state index in [4.69, 9.17) is 23.2 Å². The van der Waals surface area contributed by atoms with E-state index < -0.39 is 0 Å². The van der Waals surface area contributed by atoms with Gasteiger partial charge in [-0.15, -0.1) is 0 Å². The molecule has 86 valence electrons. The maximum absolute atomic E-state index is 12.4. The average molecular weight is 258 g/mol. The molecule has 2 nitrogen and oxygen atoms in total. The minimum atomic E-state index is -0.353. The van der Waals surface area contributed by atoms with E-state index in [1.165, 1.54) is 0 Å². The Morgan fingerprint density at radius 2 is 2.19 bits per heavy atom. The van der Waals surface area contributed by atoms with Gasteiger partial charge in [-0.3, -0.25) is 4.79 Å². The first-order valence-electron chi connectivity index (χ1n) is 5.23. The van der Waals surface area contributed by atoms with Crippen molar-refractivity contribution >= 4 is 29.0 Å². The molecule has 1 N–H and O–H groups in total. The Morgan fingerprint density at radius 1 is 1.44 bits per heavy atom. The number of hydrogen-bond acceptors (Lipinski definition) is 2. The van der Waals surface area contributed by atoms with E-state index in [1.54, 1.807) is 18.2 Å². The van der Waals surface area contributed by atoms with Crippen molar-refractivity contribution in [2.45, 2.75) is 13.3 Å². The molecule has 0 aromatic heterocycles. The standard InChI is InChI=1S/C12H13Cl2NO/c1-12(4-5-15-7-12)11(16)9-6-8(13)2-3-10(9)14/h2-3,6,15H,4-5,7H2,1H3. The van der Waals surface area contributed by atoms with E-state index in [9.17, 15) is 4.79 Å². The highest BCUT2D eigenvalue weighted by atomic mass is 35.5. The first-order valence-corrected chi connectivity index (χ1v) is 5.99. The Kier molecular flexibility index (Phi) is 3.24. The van der Waals surface area contributed by atoms with Crippen LogP contribution in [0.15, 0.2) is 18.2 Å². The van der Waals surface area contributed by atoms with Crippen molar-refractivity contribution in [1.29, 1.82) is 0 Å². The van der Waals surface area contributed by atoms with Crippen LogP contribution in [-0.2, 0) is 0 Å². The molecule has 0 saturated carbocycles. The Bertz CT molecular complexity index is 425. The zero-order valence-corrected chi connectivity index (χ0v) is 10.5. The third kappa shape index (κ3) is 2.10. The van der Waals surface area contributed by atoms with E-state index >= 15 is 0 Å². The van der Waals surface area contributed by atoms with Crippen LogP contribution >= 0.6 is 23.2 Å². The number of benzene rings is 1. The Morgan fingerprint density at radius 3 is 2.81 bits per heavy atom. The molecule has 4 heteroatoms. The summed E-state index contributed by atoms with van der Waals surface area (Å²) in [5, 5.41) is 4.22. The lowest BCUT2D eigenvalue weighted by Crippen LogP contribution is -2.30. The summed E-state index contributed by atoms with van der Waals surface area (Å²) in [5.41, 5.74) is 0.175. The van der Waals surface area contributed by atoms with Gasteiger partial charge < -0.3 is 5.32 Å². The smallest absolute Gasteiger partial charge is 0.171 e. The summed E-state index contributed by atoms with van der Waals surface area (Å²) in [6.45, 7) is 3.54. The molecule has 0 spiro atoms. The second-order valence-corrected chi connectivity index (χ2v) is 5.28. The fourth-order valence-corrected chi connectivity index (χ4v) is 2.38. The van der Waals surface area contributed by atoms with Gasteiger partial charge in [-0.25, -0.2) is 0 Å². The van der Waals surface area contributed by atoms with Gasteiger partial charge in [0.2, 0.25) is 0 Å². The fraction of sp³-hybridized carbons (Fsp3) is 0.417. The molecule has 16 heavy (non-hydrogen) atoms. The van der Waals surface area contributed by atoms with Gasteiger partial charge in [0.05, 0.1) is 5.02 Å². The summed E-state index contributed by atoms with van der Waals surface area (Å²) in [5.74, 6) is 0.0741. The number of halogens is 2. The van der Waals surface area contributed by atoms with Gasteiger partial charge in [-0.05, 0) is 31.2 Å². The second kappa shape index (κ2) is 4.36. The van der Waals surface area contributed by atoms with Gasteiger partial charge in [-0.2, -0.15) is 0 Å². The van der Waals surface area contributed by atoms with Crippen molar-refractivity contribution in [2.75, 3.05) is 13.1 Å². The number of nitrogens with one attached hydrogen (secondary N) is 1. The molecule has 1 heterocycles. The monoisotopic (exact) mass is 257 g/mol. The molecular formula is C12H13Cl2NO. The number of carbonyl (C=O) groups excluding carboxylic acids is 1. The van der Waals surface area contributed by atoms with Crippen LogP contribution in [0.25, 0.3) is 0 Å². The molecule has 1 atom stereocenters. The van der Waals surface area contributed by atoms with Crippen molar-refractivity contribution in [3.63, 3.8) is 0 Å². The first kappa shape index (κ1) is 11.9. The van der Waals surface area contributed by atoms with Crippen LogP contribution in [0.1, 0.15) is 23.7 Å². The van der Waals surface area contributed by atoms with Gasteiger partial charge in [-0.1, -0.05) is 30.1 Å².